The number of amides is 1. The third-order valence-electron chi connectivity index (χ3n) is 5.98. The molecule has 27 heavy (non-hydrogen) atoms. The van der Waals surface area contributed by atoms with Crippen molar-refractivity contribution in [3.05, 3.63) is 53.2 Å². The van der Waals surface area contributed by atoms with E-state index in [0.29, 0.717) is 12.5 Å². The number of oxazole rings is 1. The average molecular weight is 367 g/mol. The highest BCUT2D eigenvalue weighted by atomic mass is 16.4. The maximum Gasteiger partial charge on any atom is 0.230 e. The van der Waals surface area contributed by atoms with Crippen LogP contribution < -0.4 is 0 Å². The normalized spacial score (nSPS) is 19.1. The first-order valence-electron chi connectivity index (χ1n) is 10.3. The van der Waals surface area contributed by atoms with E-state index in [-0.39, 0.29) is 17.2 Å². The van der Waals surface area contributed by atoms with Crippen LogP contribution in [-0.4, -0.2) is 22.3 Å². The minimum absolute atomic E-state index is 0.0239. The largest absolute Gasteiger partial charge is 0.445 e. The van der Waals surface area contributed by atoms with Crippen molar-refractivity contribution >= 4 is 5.91 Å². The SMILES string of the molecule is CC(C)(C)c1nc2c(o1)CCN(C(=O)C(c1ccccc1)C1CCCC1)C2. The summed E-state index contributed by atoms with van der Waals surface area (Å²) in [6, 6.07) is 10.3. The van der Waals surface area contributed by atoms with Gasteiger partial charge in [0.05, 0.1) is 12.5 Å². The molecule has 2 aromatic rings. The molecule has 4 nitrogen and oxygen atoms in total. The molecule has 4 heteroatoms. The van der Waals surface area contributed by atoms with E-state index in [9.17, 15) is 4.79 Å². The van der Waals surface area contributed by atoms with Crippen molar-refractivity contribution in [3.63, 3.8) is 0 Å². The van der Waals surface area contributed by atoms with Gasteiger partial charge in [-0.05, 0) is 24.3 Å². The molecule has 2 heterocycles. The van der Waals surface area contributed by atoms with E-state index in [1.165, 1.54) is 12.8 Å². The number of hydrogen-bond acceptors (Lipinski definition) is 3. The minimum Gasteiger partial charge on any atom is -0.445 e. The molecule has 1 aromatic heterocycles. The van der Waals surface area contributed by atoms with Crippen molar-refractivity contribution in [2.45, 2.75) is 70.8 Å². The summed E-state index contributed by atoms with van der Waals surface area (Å²) in [5.74, 6) is 2.44. The highest BCUT2D eigenvalue weighted by Crippen LogP contribution is 2.39. The first-order valence-corrected chi connectivity index (χ1v) is 10.3. The molecule has 0 N–H and O–H groups in total. The standard InChI is InChI=1S/C23H30N2O2/c1-23(2,3)22-24-18-15-25(14-13-19(18)27-22)21(26)20(17-11-7-8-12-17)16-9-5-4-6-10-16/h4-6,9-10,17,20H,7-8,11-15H2,1-3H3. The molecule has 1 unspecified atom stereocenters. The van der Waals surface area contributed by atoms with Crippen LogP contribution in [0.1, 0.15) is 75.3 Å². The number of benzene rings is 1. The van der Waals surface area contributed by atoms with Gasteiger partial charge in [0.2, 0.25) is 5.91 Å². The molecular weight excluding hydrogens is 336 g/mol. The summed E-state index contributed by atoms with van der Waals surface area (Å²) < 4.78 is 5.99. The summed E-state index contributed by atoms with van der Waals surface area (Å²) in [6.45, 7) is 7.63. The molecule has 0 spiro atoms. The lowest BCUT2D eigenvalue weighted by Gasteiger charge is -2.32. The molecule has 0 bridgehead atoms. The van der Waals surface area contributed by atoms with E-state index >= 15 is 0 Å². The zero-order valence-corrected chi connectivity index (χ0v) is 16.7. The van der Waals surface area contributed by atoms with E-state index < -0.39 is 0 Å². The number of hydrogen-bond donors (Lipinski definition) is 0. The fourth-order valence-corrected chi connectivity index (χ4v) is 4.47. The van der Waals surface area contributed by atoms with Crippen LogP contribution in [-0.2, 0) is 23.2 Å². The summed E-state index contributed by atoms with van der Waals surface area (Å²) >= 11 is 0. The first kappa shape index (κ1) is 18.3. The van der Waals surface area contributed by atoms with Gasteiger partial charge in [0, 0.05) is 18.4 Å². The van der Waals surface area contributed by atoms with Gasteiger partial charge in [0.1, 0.15) is 11.5 Å². The predicted octanol–water partition coefficient (Wildman–Crippen LogP) is 4.83. The Kier molecular flexibility index (Phi) is 4.83. The van der Waals surface area contributed by atoms with Gasteiger partial charge in [0.15, 0.2) is 5.89 Å². The van der Waals surface area contributed by atoms with Gasteiger partial charge in [-0.1, -0.05) is 63.9 Å². The third-order valence-corrected chi connectivity index (χ3v) is 5.98. The Balaban J connectivity index is 1.58. The van der Waals surface area contributed by atoms with Gasteiger partial charge in [-0.25, -0.2) is 4.98 Å². The van der Waals surface area contributed by atoms with E-state index in [1.54, 1.807) is 0 Å². The van der Waals surface area contributed by atoms with Crippen LogP contribution in [0.5, 0.6) is 0 Å². The molecule has 1 amide bonds. The number of fused-ring (bicyclic) bond motifs is 1. The molecule has 0 saturated heterocycles. The number of rotatable bonds is 3. The van der Waals surface area contributed by atoms with E-state index in [0.717, 1.165) is 48.7 Å². The Labute approximate surface area is 162 Å². The predicted molar refractivity (Wildman–Crippen MR) is 105 cm³/mol. The van der Waals surface area contributed by atoms with Gasteiger partial charge in [0.25, 0.3) is 0 Å². The van der Waals surface area contributed by atoms with Crippen molar-refractivity contribution in [1.82, 2.24) is 9.88 Å². The van der Waals surface area contributed by atoms with Crippen LogP contribution in [0.3, 0.4) is 0 Å². The van der Waals surface area contributed by atoms with Crippen LogP contribution in [0.15, 0.2) is 34.7 Å². The lowest BCUT2D eigenvalue weighted by molar-refractivity contribution is -0.135. The number of aromatic nitrogens is 1. The summed E-state index contributed by atoms with van der Waals surface area (Å²) in [4.78, 5) is 20.3. The van der Waals surface area contributed by atoms with Crippen LogP contribution in [0.2, 0.25) is 0 Å². The zero-order chi connectivity index (χ0) is 19.0. The fourth-order valence-electron chi connectivity index (χ4n) is 4.47. The van der Waals surface area contributed by atoms with Gasteiger partial charge in [-0.2, -0.15) is 0 Å². The topological polar surface area (TPSA) is 46.3 Å². The average Bonchev–Trinajstić information content (AvgIpc) is 3.31. The van der Waals surface area contributed by atoms with Crippen molar-refractivity contribution in [3.8, 4) is 0 Å². The minimum atomic E-state index is -0.109. The maximum atomic E-state index is 13.6. The van der Waals surface area contributed by atoms with Crippen molar-refractivity contribution in [2.24, 2.45) is 5.92 Å². The molecule has 4 rings (SSSR count). The van der Waals surface area contributed by atoms with Gasteiger partial charge >= 0.3 is 0 Å². The van der Waals surface area contributed by atoms with Gasteiger partial charge < -0.3 is 9.32 Å². The fraction of sp³-hybridized carbons (Fsp3) is 0.565. The Bertz CT molecular complexity index is 798. The van der Waals surface area contributed by atoms with Crippen LogP contribution in [0.4, 0.5) is 0 Å². The van der Waals surface area contributed by atoms with E-state index in [4.69, 9.17) is 9.40 Å². The van der Waals surface area contributed by atoms with Crippen molar-refractivity contribution < 1.29 is 9.21 Å². The molecule has 1 fully saturated rings. The monoisotopic (exact) mass is 366 g/mol. The van der Waals surface area contributed by atoms with Crippen LogP contribution in [0.25, 0.3) is 0 Å². The molecule has 144 valence electrons. The second-order valence-corrected chi connectivity index (χ2v) is 9.08. The smallest absolute Gasteiger partial charge is 0.230 e. The lowest BCUT2D eigenvalue weighted by Crippen LogP contribution is -2.40. The Morgan fingerprint density at radius 3 is 2.56 bits per heavy atom. The highest BCUT2D eigenvalue weighted by molar-refractivity contribution is 5.84. The summed E-state index contributed by atoms with van der Waals surface area (Å²) in [7, 11) is 0. The second kappa shape index (κ2) is 7.14. The summed E-state index contributed by atoms with van der Waals surface area (Å²) in [6.07, 6.45) is 5.55. The van der Waals surface area contributed by atoms with Gasteiger partial charge in [-0.15, -0.1) is 0 Å². The van der Waals surface area contributed by atoms with Crippen molar-refractivity contribution in [2.75, 3.05) is 6.54 Å². The number of nitrogens with zero attached hydrogens (tertiary/aromatic N) is 2. The second-order valence-electron chi connectivity index (χ2n) is 9.08. The highest BCUT2D eigenvalue weighted by Gasteiger charge is 2.37. The van der Waals surface area contributed by atoms with Crippen LogP contribution in [0, 0.1) is 5.92 Å². The molecule has 1 aliphatic heterocycles. The Hall–Kier alpha value is -2.10. The zero-order valence-electron chi connectivity index (χ0n) is 16.7. The summed E-state index contributed by atoms with van der Waals surface area (Å²) in [5, 5.41) is 0. The van der Waals surface area contributed by atoms with Gasteiger partial charge in [-0.3, -0.25) is 4.79 Å². The molecule has 1 saturated carbocycles. The third kappa shape index (κ3) is 3.67. The Morgan fingerprint density at radius 1 is 1.19 bits per heavy atom. The maximum absolute atomic E-state index is 13.6. The molecule has 2 aliphatic rings. The number of carbonyl (C=O) groups is 1. The Morgan fingerprint density at radius 2 is 1.89 bits per heavy atom. The molecule has 1 aromatic carbocycles. The quantitative estimate of drug-likeness (QED) is 0.781. The molecule has 1 atom stereocenters. The van der Waals surface area contributed by atoms with Crippen molar-refractivity contribution in [1.29, 1.82) is 0 Å². The van der Waals surface area contributed by atoms with Crippen LogP contribution >= 0.6 is 0 Å². The van der Waals surface area contributed by atoms with E-state index in [2.05, 4.69) is 32.9 Å². The molecule has 0 radical (unpaired) electrons. The summed E-state index contributed by atoms with van der Waals surface area (Å²) in [5.41, 5.74) is 2.00. The first-order chi connectivity index (χ1) is 12.9. The number of carbonyl (C=O) groups excluding carboxylic acids is 1. The lowest BCUT2D eigenvalue weighted by atomic mass is 9.83. The molecular formula is C23H30N2O2. The molecule has 1 aliphatic carbocycles. The van der Waals surface area contributed by atoms with E-state index in [1.807, 2.05) is 23.1 Å².